The largest absolute Gasteiger partial charge is 0.481 e. The normalized spacial score (nSPS) is 15.5. The Morgan fingerprint density at radius 3 is 2.17 bits per heavy atom. The topological polar surface area (TPSA) is 130 Å². The van der Waals surface area contributed by atoms with E-state index < -0.39 is 42.6 Å². The van der Waals surface area contributed by atoms with Crippen molar-refractivity contribution in [3.63, 3.8) is 0 Å². The minimum absolute atomic E-state index is 0.284. The number of carboxylic acid groups (broad SMARTS) is 2. The van der Waals surface area contributed by atoms with Crippen LogP contribution in [0.5, 0.6) is 0 Å². The van der Waals surface area contributed by atoms with Crippen LogP contribution in [0.1, 0.15) is 26.7 Å². The number of hydrogen-bond donors (Lipinski definition) is 3. The Balaban J connectivity index is 4.55. The lowest BCUT2D eigenvalue weighted by atomic mass is 9.96. The molecule has 0 radical (unpaired) electrons. The first-order chi connectivity index (χ1) is 8.21. The lowest BCUT2D eigenvalue weighted by molar-refractivity contribution is -0.185. The molecule has 0 aromatic rings. The fraction of sp³-hybridized carbons (Fsp3) is 0.700. The summed E-state index contributed by atoms with van der Waals surface area (Å²) in [5, 5.41) is 26.7. The molecule has 0 rings (SSSR count). The lowest BCUT2D eigenvalue weighted by Gasteiger charge is -2.21. The summed E-state index contributed by atoms with van der Waals surface area (Å²) < 4.78 is 9.52. The first kappa shape index (κ1) is 16.3. The summed E-state index contributed by atoms with van der Waals surface area (Å²) >= 11 is 0. The van der Waals surface area contributed by atoms with Crippen LogP contribution in [0.25, 0.3) is 0 Å². The lowest BCUT2D eigenvalue weighted by Crippen LogP contribution is -2.43. The third-order valence-electron chi connectivity index (χ3n) is 1.98. The summed E-state index contributed by atoms with van der Waals surface area (Å²) in [6.07, 6.45) is -2.96. The number of aliphatic carboxylic acids is 2. The van der Waals surface area contributed by atoms with Gasteiger partial charge < -0.3 is 24.8 Å². The minimum atomic E-state index is -2.69. The van der Waals surface area contributed by atoms with Crippen LogP contribution in [0.15, 0.2) is 0 Å². The molecule has 0 fully saturated rings. The molecule has 2 atom stereocenters. The number of carbonyl (C=O) groups is 3. The standard InChI is InChI=1S/C10H16O8/c1-3-17-6(2)18-8(13)5-10(16,9(14)15)4-7(11)12/h6,16H,3-5H2,1-2H3,(H,11,12)(H,14,15). The Hall–Kier alpha value is -1.67. The summed E-state index contributed by atoms with van der Waals surface area (Å²) in [5.41, 5.74) is -2.69. The number of ether oxygens (including phenoxy) is 2. The van der Waals surface area contributed by atoms with Gasteiger partial charge >= 0.3 is 17.9 Å². The van der Waals surface area contributed by atoms with Gasteiger partial charge in [-0.2, -0.15) is 0 Å². The van der Waals surface area contributed by atoms with Crippen molar-refractivity contribution in [2.75, 3.05) is 6.61 Å². The van der Waals surface area contributed by atoms with Gasteiger partial charge in [-0.15, -0.1) is 0 Å². The molecule has 2 unspecified atom stereocenters. The molecule has 0 spiro atoms. The Morgan fingerprint density at radius 2 is 1.78 bits per heavy atom. The third-order valence-corrected chi connectivity index (χ3v) is 1.98. The van der Waals surface area contributed by atoms with Crippen LogP contribution < -0.4 is 0 Å². The number of esters is 1. The van der Waals surface area contributed by atoms with Crippen LogP contribution >= 0.6 is 0 Å². The molecule has 0 heterocycles. The number of aliphatic hydroxyl groups is 1. The summed E-state index contributed by atoms with van der Waals surface area (Å²) in [6, 6.07) is 0. The average molecular weight is 264 g/mol. The molecule has 0 saturated heterocycles. The molecule has 0 aliphatic heterocycles. The summed E-state index contributed by atoms with van der Waals surface area (Å²) in [7, 11) is 0. The Morgan fingerprint density at radius 1 is 1.22 bits per heavy atom. The van der Waals surface area contributed by atoms with Gasteiger partial charge in [0.25, 0.3) is 0 Å². The molecule has 8 nitrogen and oxygen atoms in total. The van der Waals surface area contributed by atoms with Crippen LogP contribution in [0.4, 0.5) is 0 Å². The monoisotopic (exact) mass is 264 g/mol. The zero-order valence-electron chi connectivity index (χ0n) is 10.1. The quantitative estimate of drug-likeness (QED) is 0.398. The number of carbonyl (C=O) groups excluding carboxylic acids is 1. The maximum atomic E-state index is 11.3. The highest BCUT2D eigenvalue weighted by Gasteiger charge is 2.41. The average Bonchev–Trinajstić information content (AvgIpc) is 2.15. The smallest absolute Gasteiger partial charge is 0.336 e. The predicted octanol–water partition coefficient (Wildman–Crippen LogP) is -0.407. The van der Waals surface area contributed by atoms with Crippen LogP contribution in [-0.4, -0.2) is 51.7 Å². The zero-order valence-corrected chi connectivity index (χ0v) is 10.1. The SMILES string of the molecule is CCOC(C)OC(=O)CC(O)(CC(=O)O)C(=O)O. The van der Waals surface area contributed by atoms with E-state index in [0.29, 0.717) is 0 Å². The van der Waals surface area contributed by atoms with Gasteiger partial charge in [0.05, 0.1) is 12.8 Å². The van der Waals surface area contributed by atoms with E-state index in [0.717, 1.165) is 0 Å². The minimum Gasteiger partial charge on any atom is -0.481 e. The molecule has 18 heavy (non-hydrogen) atoms. The van der Waals surface area contributed by atoms with Crippen molar-refractivity contribution in [2.45, 2.75) is 38.6 Å². The zero-order chi connectivity index (χ0) is 14.3. The Kier molecular flexibility index (Phi) is 6.28. The number of carboxylic acids is 2. The molecular formula is C10H16O8. The summed E-state index contributed by atoms with van der Waals surface area (Å²) in [6.45, 7) is 3.37. The Bertz CT molecular complexity index is 326. The van der Waals surface area contributed by atoms with Crippen LogP contribution in [0.3, 0.4) is 0 Å². The predicted molar refractivity (Wildman–Crippen MR) is 56.6 cm³/mol. The number of hydrogen-bond acceptors (Lipinski definition) is 6. The maximum Gasteiger partial charge on any atom is 0.336 e. The summed E-state index contributed by atoms with van der Waals surface area (Å²) in [4.78, 5) is 32.5. The molecule has 0 aliphatic rings. The van der Waals surface area contributed by atoms with Crippen molar-refractivity contribution in [2.24, 2.45) is 0 Å². The molecule has 0 bridgehead atoms. The second-order valence-corrected chi connectivity index (χ2v) is 3.60. The van der Waals surface area contributed by atoms with Crippen molar-refractivity contribution in [1.29, 1.82) is 0 Å². The molecular weight excluding hydrogens is 248 g/mol. The van der Waals surface area contributed by atoms with E-state index in [9.17, 15) is 19.5 Å². The second kappa shape index (κ2) is 6.92. The van der Waals surface area contributed by atoms with Crippen LogP contribution in [-0.2, 0) is 23.9 Å². The van der Waals surface area contributed by atoms with Crippen LogP contribution in [0.2, 0.25) is 0 Å². The van der Waals surface area contributed by atoms with Gasteiger partial charge in [0.2, 0.25) is 0 Å². The first-order valence-corrected chi connectivity index (χ1v) is 5.20. The van der Waals surface area contributed by atoms with E-state index >= 15 is 0 Å². The van der Waals surface area contributed by atoms with E-state index in [2.05, 4.69) is 4.74 Å². The highest BCUT2D eigenvalue weighted by molar-refractivity contribution is 5.88. The van der Waals surface area contributed by atoms with Crippen molar-refractivity contribution < 1.29 is 39.2 Å². The molecule has 0 amide bonds. The van der Waals surface area contributed by atoms with Gasteiger partial charge in [0.15, 0.2) is 11.9 Å². The van der Waals surface area contributed by atoms with E-state index in [-0.39, 0.29) is 6.61 Å². The van der Waals surface area contributed by atoms with E-state index in [1.54, 1.807) is 6.92 Å². The number of rotatable bonds is 8. The van der Waals surface area contributed by atoms with E-state index in [1.165, 1.54) is 6.92 Å². The molecule has 3 N–H and O–H groups in total. The second-order valence-electron chi connectivity index (χ2n) is 3.60. The highest BCUT2D eigenvalue weighted by Crippen LogP contribution is 2.17. The third kappa shape index (κ3) is 5.60. The van der Waals surface area contributed by atoms with Crippen LogP contribution in [0, 0.1) is 0 Å². The van der Waals surface area contributed by atoms with Gasteiger partial charge in [0, 0.05) is 6.61 Å². The fourth-order valence-corrected chi connectivity index (χ4v) is 1.20. The molecule has 0 aromatic carbocycles. The van der Waals surface area contributed by atoms with Gasteiger partial charge in [-0.25, -0.2) is 4.79 Å². The van der Waals surface area contributed by atoms with Crippen molar-refractivity contribution in [1.82, 2.24) is 0 Å². The van der Waals surface area contributed by atoms with Gasteiger partial charge in [0.1, 0.15) is 0 Å². The Labute approximate surface area is 103 Å². The van der Waals surface area contributed by atoms with Gasteiger partial charge in [-0.3, -0.25) is 9.59 Å². The van der Waals surface area contributed by atoms with Gasteiger partial charge in [-0.05, 0) is 13.8 Å². The first-order valence-electron chi connectivity index (χ1n) is 5.20. The maximum absolute atomic E-state index is 11.3. The molecule has 0 saturated carbocycles. The van der Waals surface area contributed by atoms with E-state index in [4.69, 9.17) is 14.9 Å². The van der Waals surface area contributed by atoms with Crippen molar-refractivity contribution in [3.8, 4) is 0 Å². The van der Waals surface area contributed by atoms with Crippen molar-refractivity contribution >= 4 is 17.9 Å². The molecule has 8 heteroatoms. The van der Waals surface area contributed by atoms with Crippen molar-refractivity contribution in [3.05, 3.63) is 0 Å². The summed E-state index contributed by atoms with van der Waals surface area (Å²) in [5.74, 6) is -4.39. The van der Waals surface area contributed by atoms with E-state index in [1.807, 2.05) is 0 Å². The highest BCUT2D eigenvalue weighted by atomic mass is 16.7. The molecule has 0 aromatic heterocycles. The van der Waals surface area contributed by atoms with Gasteiger partial charge in [-0.1, -0.05) is 0 Å². The molecule has 0 aliphatic carbocycles. The fourth-order valence-electron chi connectivity index (χ4n) is 1.20. The molecule has 104 valence electrons.